The molecule has 0 saturated heterocycles. The Balaban J connectivity index is 2.28. The van der Waals surface area contributed by atoms with Crippen LogP contribution in [0.3, 0.4) is 0 Å². The molecule has 1 atom stereocenters. The van der Waals surface area contributed by atoms with E-state index < -0.39 is 17.0 Å². The molecule has 1 heterocycles. The number of ether oxygens (including phenoxy) is 1. The molecule has 19 heavy (non-hydrogen) atoms. The van der Waals surface area contributed by atoms with Crippen molar-refractivity contribution >= 4 is 5.97 Å². The summed E-state index contributed by atoms with van der Waals surface area (Å²) >= 11 is 0. The van der Waals surface area contributed by atoms with Gasteiger partial charge in [0.2, 0.25) is 0 Å². The first kappa shape index (κ1) is 13.9. The molecule has 1 aliphatic carbocycles. The lowest BCUT2D eigenvalue weighted by Crippen LogP contribution is -2.43. The minimum absolute atomic E-state index is 0.309. The highest BCUT2D eigenvalue weighted by Crippen LogP contribution is 2.43. The highest BCUT2D eigenvalue weighted by atomic mass is 16.5. The first-order valence-electron chi connectivity index (χ1n) is 6.52. The highest BCUT2D eigenvalue weighted by molar-refractivity contribution is 5.75. The van der Waals surface area contributed by atoms with Gasteiger partial charge in [-0.05, 0) is 36.6 Å². The number of rotatable bonds is 6. The van der Waals surface area contributed by atoms with E-state index in [0.717, 1.165) is 6.42 Å². The average Bonchev–Trinajstić information content (AvgIpc) is 2.81. The van der Waals surface area contributed by atoms with E-state index in [1.165, 1.54) is 0 Å². The van der Waals surface area contributed by atoms with Gasteiger partial charge in [-0.15, -0.1) is 5.10 Å². The van der Waals surface area contributed by atoms with E-state index >= 15 is 0 Å². The molecule has 0 aliphatic heterocycles. The van der Waals surface area contributed by atoms with Gasteiger partial charge in [-0.2, -0.15) is 0 Å². The standard InChI is InChI=1S/C12H20N4O3/c1-4-11(2,19-3)9-13-14-15-16(9)8-12(10(17)18)6-5-7-12/h4-8H2,1-3H3,(H,17,18). The fourth-order valence-corrected chi connectivity index (χ4v) is 2.41. The number of carbonyl (C=O) groups is 1. The Hall–Kier alpha value is -1.50. The quantitative estimate of drug-likeness (QED) is 0.833. The molecule has 1 aliphatic rings. The molecule has 0 spiro atoms. The van der Waals surface area contributed by atoms with Crippen LogP contribution in [0, 0.1) is 5.41 Å². The van der Waals surface area contributed by atoms with E-state index in [2.05, 4.69) is 15.5 Å². The van der Waals surface area contributed by atoms with Gasteiger partial charge in [-0.25, -0.2) is 4.68 Å². The second-order valence-electron chi connectivity index (χ2n) is 5.39. The smallest absolute Gasteiger partial charge is 0.311 e. The lowest BCUT2D eigenvalue weighted by Gasteiger charge is -2.38. The van der Waals surface area contributed by atoms with Crippen LogP contribution in [0.1, 0.15) is 45.4 Å². The summed E-state index contributed by atoms with van der Waals surface area (Å²) in [5.41, 5.74) is -1.31. The Labute approximate surface area is 111 Å². The summed E-state index contributed by atoms with van der Waals surface area (Å²) in [7, 11) is 1.61. The van der Waals surface area contributed by atoms with Gasteiger partial charge in [0.1, 0.15) is 5.60 Å². The Morgan fingerprint density at radius 2 is 2.26 bits per heavy atom. The van der Waals surface area contributed by atoms with Crippen LogP contribution in [0.5, 0.6) is 0 Å². The molecule has 1 aromatic rings. The molecule has 1 unspecified atom stereocenters. The van der Waals surface area contributed by atoms with Crippen LogP contribution in [0.2, 0.25) is 0 Å². The molecule has 1 fully saturated rings. The minimum atomic E-state index is -0.768. The largest absolute Gasteiger partial charge is 0.481 e. The number of tetrazole rings is 1. The molecule has 7 heteroatoms. The highest BCUT2D eigenvalue weighted by Gasteiger charge is 2.46. The number of aliphatic carboxylic acids is 1. The molecule has 1 N–H and O–H groups in total. The minimum Gasteiger partial charge on any atom is -0.481 e. The maximum atomic E-state index is 11.4. The number of nitrogens with zero attached hydrogens (tertiary/aromatic N) is 4. The van der Waals surface area contributed by atoms with E-state index in [1.807, 2.05) is 13.8 Å². The van der Waals surface area contributed by atoms with Crippen molar-refractivity contribution in [2.75, 3.05) is 7.11 Å². The van der Waals surface area contributed by atoms with E-state index in [0.29, 0.717) is 31.6 Å². The van der Waals surface area contributed by atoms with E-state index in [9.17, 15) is 9.90 Å². The second kappa shape index (κ2) is 4.88. The monoisotopic (exact) mass is 268 g/mol. The molecule has 1 saturated carbocycles. The van der Waals surface area contributed by atoms with Gasteiger partial charge < -0.3 is 9.84 Å². The van der Waals surface area contributed by atoms with Crippen LogP contribution < -0.4 is 0 Å². The third kappa shape index (κ3) is 2.22. The number of aromatic nitrogens is 4. The van der Waals surface area contributed by atoms with Crippen LogP contribution in [0.15, 0.2) is 0 Å². The van der Waals surface area contributed by atoms with Gasteiger partial charge in [0.25, 0.3) is 0 Å². The van der Waals surface area contributed by atoms with Gasteiger partial charge in [0, 0.05) is 7.11 Å². The average molecular weight is 268 g/mol. The number of hydrogen-bond donors (Lipinski definition) is 1. The topological polar surface area (TPSA) is 90.1 Å². The van der Waals surface area contributed by atoms with Crippen LogP contribution in [0.25, 0.3) is 0 Å². The van der Waals surface area contributed by atoms with Crippen LogP contribution >= 0.6 is 0 Å². The number of carboxylic acids is 1. The van der Waals surface area contributed by atoms with Gasteiger partial charge >= 0.3 is 5.97 Å². The summed E-state index contributed by atoms with van der Waals surface area (Å²) in [4.78, 5) is 11.4. The maximum Gasteiger partial charge on any atom is 0.311 e. The summed E-state index contributed by atoms with van der Waals surface area (Å²) < 4.78 is 7.07. The molecule has 1 aromatic heterocycles. The van der Waals surface area contributed by atoms with Crippen molar-refractivity contribution in [2.45, 2.75) is 51.7 Å². The number of hydrogen-bond acceptors (Lipinski definition) is 5. The molecule has 0 aromatic carbocycles. The Kier molecular flexibility index (Phi) is 3.58. The first-order valence-corrected chi connectivity index (χ1v) is 6.52. The van der Waals surface area contributed by atoms with Gasteiger partial charge in [-0.3, -0.25) is 4.79 Å². The van der Waals surface area contributed by atoms with Gasteiger partial charge in [0.15, 0.2) is 5.82 Å². The lowest BCUT2D eigenvalue weighted by molar-refractivity contribution is -0.156. The summed E-state index contributed by atoms with van der Waals surface area (Å²) in [6.45, 7) is 4.20. The molecule has 0 radical (unpaired) electrons. The van der Waals surface area contributed by atoms with Crippen molar-refractivity contribution in [3.05, 3.63) is 5.82 Å². The Morgan fingerprint density at radius 3 is 2.68 bits per heavy atom. The molecular weight excluding hydrogens is 248 g/mol. The summed E-state index contributed by atoms with van der Waals surface area (Å²) in [6.07, 6.45) is 3.01. The van der Waals surface area contributed by atoms with Crippen molar-refractivity contribution in [1.82, 2.24) is 20.2 Å². The van der Waals surface area contributed by atoms with Gasteiger partial charge in [-0.1, -0.05) is 13.3 Å². The van der Waals surface area contributed by atoms with Crippen molar-refractivity contribution < 1.29 is 14.6 Å². The van der Waals surface area contributed by atoms with Crippen LogP contribution in [-0.4, -0.2) is 38.4 Å². The normalized spacial score (nSPS) is 20.6. The number of methoxy groups -OCH3 is 1. The maximum absolute atomic E-state index is 11.4. The Bertz CT molecular complexity index is 463. The fourth-order valence-electron chi connectivity index (χ4n) is 2.41. The van der Waals surface area contributed by atoms with Crippen molar-refractivity contribution in [3.63, 3.8) is 0 Å². The zero-order valence-corrected chi connectivity index (χ0v) is 11.6. The summed E-state index contributed by atoms with van der Waals surface area (Å²) in [5, 5.41) is 21.0. The van der Waals surface area contributed by atoms with Crippen molar-refractivity contribution in [3.8, 4) is 0 Å². The Morgan fingerprint density at radius 1 is 1.58 bits per heavy atom. The molecule has 7 nitrogen and oxygen atoms in total. The number of carboxylic acid groups (broad SMARTS) is 1. The summed E-state index contributed by atoms with van der Waals surface area (Å²) in [5.74, 6) is -0.180. The predicted octanol–water partition coefficient (Wildman–Crippen LogP) is 1.20. The summed E-state index contributed by atoms with van der Waals surface area (Å²) in [6, 6.07) is 0. The second-order valence-corrected chi connectivity index (χ2v) is 5.39. The van der Waals surface area contributed by atoms with Gasteiger partial charge in [0.05, 0.1) is 12.0 Å². The SMILES string of the molecule is CCC(C)(OC)c1nnnn1CC1(C(=O)O)CCC1. The van der Waals surface area contributed by atoms with Crippen molar-refractivity contribution in [2.24, 2.45) is 5.41 Å². The van der Waals surface area contributed by atoms with Crippen molar-refractivity contribution in [1.29, 1.82) is 0 Å². The predicted molar refractivity (Wildman–Crippen MR) is 66.4 cm³/mol. The van der Waals surface area contributed by atoms with E-state index in [1.54, 1.807) is 11.8 Å². The fraction of sp³-hybridized carbons (Fsp3) is 0.833. The van der Waals surface area contributed by atoms with E-state index in [-0.39, 0.29) is 0 Å². The third-order valence-electron chi connectivity index (χ3n) is 4.35. The molecular formula is C12H20N4O3. The molecule has 106 valence electrons. The molecule has 0 bridgehead atoms. The first-order chi connectivity index (χ1) is 8.97. The molecule has 2 rings (SSSR count). The zero-order valence-electron chi connectivity index (χ0n) is 11.6. The molecule has 0 amide bonds. The third-order valence-corrected chi connectivity index (χ3v) is 4.35. The van der Waals surface area contributed by atoms with Crippen LogP contribution in [0.4, 0.5) is 0 Å². The lowest BCUT2D eigenvalue weighted by atomic mass is 9.69. The van der Waals surface area contributed by atoms with Crippen LogP contribution in [-0.2, 0) is 21.7 Å². The van der Waals surface area contributed by atoms with E-state index in [4.69, 9.17) is 4.74 Å². The zero-order chi connectivity index (χ0) is 14.1.